The van der Waals surface area contributed by atoms with Crippen molar-refractivity contribution < 1.29 is 0 Å². The first-order valence-electron chi connectivity index (χ1n) is 7.19. The molecule has 0 fully saturated rings. The van der Waals surface area contributed by atoms with Crippen molar-refractivity contribution in [2.24, 2.45) is 0 Å². The molecule has 1 nitrogen and oxygen atoms in total. The monoisotopic (exact) mass is 299 g/mol. The molecule has 0 aliphatic carbocycles. The van der Waals surface area contributed by atoms with Gasteiger partial charge in [-0.1, -0.05) is 36.6 Å². The van der Waals surface area contributed by atoms with Crippen LogP contribution in [0.15, 0.2) is 24.3 Å². The van der Waals surface area contributed by atoms with E-state index >= 15 is 0 Å². The molecule has 0 saturated carbocycles. The second kappa shape index (κ2) is 10.6. The van der Waals surface area contributed by atoms with Gasteiger partial charge < -0.3 is 5.32 Å². The fourth-order valence-corrected chi connectivity index (χ4v) is 2.74. The Morgan fingerprint density at radius 1 is 1.11 bits per heavy atom. The Morgan fingerprint density at radius 2 is 1.79 bits per heavy atom. The standard InChI is InChI=1S/C16H26ClNS/c1-14(13-15-7-9-16(17)10-8-15)18-11-5-3-4-6-12-19-2/h7-10,14,18H,3-6,11-13H2,1-2H3. The molecule has 1 atom stereocenters. The van der Waals surface area contributed by atoms with Crippen LogP contribution in [0, 0.1) is 0 Å². The van der Waals surface area contributed by atoms with Crippen LogP contribution in [0.4, 0.5) is 0 Å². The topological polar surface area (TPSA) is 12.0 Å². The van der Waals surface area contributed by atoms with Crippen molar-refractivity contribution in [3.63, 3.8) is 0 Å². The molecule has 19 heavy (non-hydrogen) atoms. The second-order valence-electron chi connectivity index (χ2n) is 5.09. The lowest BCUT2D eigenvalue weighted by atomic mass is 10.1. The minimum absolute atomic E-state index is 0.535. The van der Waals surface area contributed by atoms with Crippen LogP contribution in [0.1, 0.15) is 38.2 Å². The Balaban J connectivity index is 2.04. The summed E-state index contributed by atoms with van der Waals surface area (Å²) in [7, 11) is 0. The first-order chi connectivity index (χ1) is 9.22. The van der Waals surface area contributed by atoms with Gasteiger partial charge in [-0.25, -0.2) is 0 Å². The van der Waals surface area contributed by atoms with Crippen LogP contribution < -0.4 is 5.32 Å². The van der Waals surface area contributed by atoms with Crippen molar-refractivity contribution >= 4 is 23.4 Å². The van der Waals surface area contributed by atoms with Gasteiger partial charge in [0.05, 0.1) is 0 Å². The Bertz CT molecular complexity index is 326. The Labute approximate surface area is 127 Å². The van der Waals surface area contributed by atoms with Crippen LogP contribution in [0.25, 0.3) is 0 Å². The number of hydrogen-bond acceptors (Lipinski definition) is 2. The minimum atomic E-state index is 0.535. The van der Waals surface area contributed by atoms with Crippen LogP contribution in [-0.4, -0.2) is 24.6 Å². The molecule has 1 rings (SSSR count). The highest BCUT2D eigenvalue weighted by atomic mass is 35.5. The average molecular weight is 300 g/mol. The third-order valence-electron chi connectivity index (χ3n) is 3.22. The molecular weight excluding hydrogens is 274 g/mol. The van der Waals surface area contributed by atoms with E-state index in [9.17, 15) is 0 Å². The first-order valence-corrected chi connectivity index (χ1v) is 8.96. The largest absolute Gasteiger partial charge is 0.314 e. The summed E-state index contributed by atoms with van der Waals surface area (Å²) in [6.45, 7) is 3.39. The molecule has 1 unspecified atom stereocenters. The lowest BCUT2D eigenvalue weighted by Crippen LogP contribution is -2.28. The van der Waals surface area contributed by atoms with Crippen LogP contribution >= 0.6 is 23.4 Å². The molecule has 0 radical (unpaired) electrons. The van der Waals surface area contributed by atoms with Gasteiger partial charge >= 0.3 is 0 Å². The van der Waals surface area contributed by atoms with Crippen molar-refractivity contribution in [3.8, 4) is 0 Å². The van der Waals surface area contributed by atoms with Gasteiger partial charge in [0.25, 0.3) is 0 Å². The summed E-state index contributed by atoms with van der Waals surface area (Å²) in [5.74, 6) is 1.31. The zero-order valence-electron chi connectivity index (χ0n) is 12.1. The fraction of sp³-hybridized carbons (Fsp3) is 0.625. The maximum absolute atomic E-state index is 5.89. The molecule has 0 aliphatic rings. The highest BCUT2D eigenvalue weighted by molar-refractivity contribution is 7.98. The molecule has 1 aromatic rings. The van der Waals surface area contributed by atoms with E-state index in [-0.39, 0.29) is 0 Å². The predicted molar refractivity (Wildman–Crippen MR) is 89.5 cm³/mol. The number of rotatable bonds is 10. The SMILES string of the molecule is CSCCCCCCNC(C)Cc1ccc(Cl)cc1. The number of benzene rings is 1. The normalized spacial score (nSPS) is 12.6. The highest BCUT2D eigenvalue weighted by Gasteiger charge is 2.02. The zero-order chi connectivity index (χ0) is 13.9. The molecule has 108 valence electrons. The maximum atomic E-state index is 5.89. The number of thioether (sulfide) groups is 1. The van der Waals surface area contributed by atoms with E-state index in [0.717, 1.165) is 18.0 Å². The maximum Gasteiger partial charge on any atom is 0.0406 e. The summed E-state index contributed by atoms with van der Waals surface area (Å²) in [5, 5.41) is 4.41. The summed E-state index contributed by atoms with van der Waals surface area (Å²) in [6.07, 6.45) is 8.62. The molecule has 1 N–H and O–H groups in total. The van der Waals surface area contributed by atoms with Crippen molar-refractivity contribution in [3.05, 3.63) is 34.9 Å². The van der Waals surface area contributed by atoms with E-state index < -0.39 is 0 Å². The van der Waals surface area contributed by atoms with E-state index in [4.69, 9.17) is 11.6 Å². The van der Waals surface area contributed by atoms with Crippen molar-refractivity contribution in [1.29, 1.82) is 0 Å². The van der Waals surface area contributed by atoms with E-state index in [2.05, 4.69) is 30.6 Å². The number of unbranched alkanes of at least 4 members (excludes halogenated alkanes) is 3. The Kier molecular flexibility index (Phi) is 9.40. The predicted octanol–water partition coefficient (Wildman–Crippen LogP) is 4.78. The van der Waals surface area contributed by atoms with E-state index in [1.807, 2.05) is 23.9 Å². The van der Waals surface area contributed by atoms with Gasteiger partial charge in [0.15, 0.2) is 0 Å². The number of hydrogen-bond donors (Lipinski definition) is 1. The van der Waals surface area contributed by atoms with Crippen LogP contribution in [0.3, 0.4) is 0 Å². The van der Waals surface area contributed by atoms with Gasteiger partial charge in [0.2, 0.25) is 0 Å². The molecule has 0 amide bonds. The zero-order valence-corrected chi connectivity index (χ0v) is 13.7. The smallest absolute Gasteiger partial charge is 0.0406 e. The molecule has 0 bridgehead atoms. The lowest BCUT2D eigenvalue weighted by molar-refractivity contribution is 0.518. The van der Waals surface area contributed by atoms with Crippen molar-refractivity contribution in [2.75, 3.05) is 18.6 Å². The minimum Gasteiger partial charge on any atom is -0.314 e. The molecule has 0 aromatic heterocycles. The highest BCUT2D eigenvalue weighted by Crippen LogP contribution is 2.11. The van der Waals surface area contributed by atoms with Crippen LogP contribution in [0.2, 0.25) is 5.02 Å². The molecule has 0 saturated heterocycles. The molecule has 0 aliphatic heterocycles. The quantitative estimate of drug-likeness (QED) is 0.624. The summed E-state index contributed by atoms with van der Waals surface area (Å²) >= 11 is 7.83. The Morgan fingerprint density at radius 3 is 2.47 bits per heavy atom. The summed E-state index contributed by atoms with van der Waals surface area (Å²) in [6, 6.07) is 8.70. The fourth-order valence-electron chi connectivity index (χ4n) is 2.12. The average Bonchev–Trinajstić information content (AvgIpc) is 2.40. The third-order valence-corrected chi connectivity index (χ3v) is 4.17. The van der Waals surface area contributed by atoms with Gasteiger partial charge in [-0.3, -0.25) is 0 Å². The summed E-state index contributed by atoms with van der Waals surface area (Å²) in [5.41, 5.74) is 1.35. The Hall–Kier alpha value is -0.180. The molecule has 0 heterocycles. The van der Waals surface area contributed by atoms with Gasteiger partial charge in [-0.2, -0.15) is 11.8 Å². The molecular formula is C16H26ClNS. The van der Waals surface area contributed by atoms with Crippen molar-refractivity contribution in [2.45, 2.75) is 45.1 Å². The lowest BCUT2D eigenvalue weighted by Gasteiger charge is -2.13. The molecule has 3 heteroatoms. The third kappa shape index (κ3) is 8.56. The van der Waals surface area contributed by atoms with Crippen molar-refractivity contribution in [1.82, 2.24) is 5.32 Å². The summed E-state index contributed by atoms with van der Waals surface area (Å²) in [4.78, 5) is 0. The van der Waals surface area contributed by atoms with E-state index in [1.54, 1.807) is 0 Å². The molecule has 1 aromatic carbocycles. The summed E-state index contributed by atoms with van der Waals surface area (Å²) < 4.78 is 0. The number of nitrogens with one attached hydrogen (secondary N) is 1. The molecule has 0 spiro atoms. The van der Waals surface area contributed by atoms with Gasteiger partial charge in [0.1, 0.15) is 0 Å². The van der Waals surface area contributed by atoms with Crippen LogP contribution in [-0.2, 0) is 6.42 Å². The first kappa shape index (κ1) is 16.9. The van der Waals surface area contributed by atoms with Gasteiger partial charge in [0, 0.05) is 11.1 Å². The number of halogens is 1. The van der Waals surface area contributed by atoms with Gasteiger partial charge in [-0.15, -0.1) is 0 Å². The van der Waals surface area contributed by atoms with Crippen LogP contribution in [0.5, 0.6) is 0 Å². The van der Waals surface area contributed by atoms with Gasteiger partial charge in [-0.05, 0) is 62.4 Å². The van der Waals surface area contributed by atoms with E-state index in [0.29, 0.717) is 6.04 Å². The second-order valence-corrected chi connectivity index (χ2v) is 6.51. The van der Waals surface area contributed by atoms with E-state index in [1.165, 1.54) is 37.0 Å².